The van der Waals surface area contributed by atoms with Crippen LogP contribution < -0.4 is 9.80 Å². The van der Waals surface area contributed by atoms with Crippen molar-refractivity contribution in [2.24, 2.45) is 0 Å². The Morgan fingerprint density at radius 1 is 0.952 bits per heavy atom. The van der Waals surface area contributed by atoms with Crippen LogP contribution in [0.3, 0.4) is 0 Å². The van der Waals surface area contributed by atoms with Gasteiger partial charge in [-0.15, -0.1) is 0 Å². The predicted molar refractivity (Wildman–Crippen MR) is 81.8 cm³/mol. The molecule has 0 N–H and O–H groups in total. The quantitative estimate of drug-likeness (QED) is 0.791. The van der Waals surface area contributed by atoms with Gasteiger partial charge in [-0.25, -0.2) is 9.97 Å². The van der Waals surface area contributed by atoms with Crippen LogP contribution in [0, 0.1) is 0 Å². The zero-order valence-corrected chi connectivity index (χ0v) is 12.7. The Kier molecular flexibility index (Phi) is 4.82. The van der Waals surface area contributed by atoms with E-state index < -0.39 is 0 Å². The molecule has 0 unspecified atom stereocenters. The average Bonchev–Trinajstić information content (AvgIpc) is 2.81. The van der Waals surface area contributed by atoms with Crippen LogP contribution >= 0.6 is 0 Å². The fourth-order valence-corrected chi connectivity index (χ4v) is 2.83. The second-order valence-electron chi connectivity index (χ2n) is 5.46. The summed E-state index contributed by atoms with van der Waals surface area (Å²) in [6.45, 7) is 10.8. The molecule has 0 aliphatic carbocycles. The first-order chi connectivity index (χ1) is 10.4. The van der Waals surface area contributed by atoms with E-state index in [9.17, 15) is 0 Å². The normalized spacial score (nSPS) is 21.4. The van der Waals surface area contributed by atoms with Gasteiger partial charge in [0.25, 0.3) is 0 Å². The summed E-state index contributed by atoms with van der Waals surface area (Å²) >= 11 is 0. The minimum atomic E-state index is 0.746. The highest BCUT2D eigenvalue weighted by atomic mass is 16.5. The number of anilines is 2. The van der Waals surface area contributed by atoms with Crippen molar-refractivity contribution < 1.29 is 4.74 Å². The standard InChI is InChI=1S/C14H24N6O/c1-2-18-4-3-5-19(7-6-18)13-15-12-16-14(17-13)20-8-10-21-11-9-20/h12H,2-11H2,1H3. The highest BCUT2D eigenvalue weighted by Crippen LogP contribution is 2.15. The van der Waals surface area contributed by atoms with Crippen molar-refractivity contribution in [3.05, 3.63) is 6.33 Å². The minimum absolute atomic E-state index is 0.746. The SMILES string of the molecule is CCN1CCCN(c2ncnc(N3CCOCC3)n2)CC1. The lowest BCUT2D eigenvalue weighted by atomic mass is 10.4. The number of hydrogen-bond acceptors (Lipinski definition) is 7. The third-order valence-corrected chi connectivity index (χ3v) is 4.16. The van der Waals surface area contributed by atoms with Gasteiger partial charge in [0.05, 0.1) is 13.2 Å². The molecule has 116 valence electrons. The van der Waals surface area contributed by atoms with Gasteiger partial charge in [0.15, 0.2) is 0 Å². The zero-order valence-electron chi connectivity index (χ0n) is 12.7. The molecular formula is C14H24N6O. The fourth-order valence-electron chi connectivity index (χ4n) is 2.83. The number of hydrogen-bond donors (Lipinski definition) is 0. The average molecular weight is 292 g/mol. The summed E-state index contributed by atoms with van der Waals surface area (Å²) in [5.41, 5.74) is 0. The van der Waals surface area contributed by atoms with E-state index in [1.54, 1.807) is 6.33 Å². The van der Waals surface area contributed by atoms with Crippen LogP contribution in [0.25, 0.3) is 0 Å². The van der Waals surface area contributed by atoms with E-state index in [-0.39, 0.29) is 0 Å². The van der Waals surface area contributed by atoms with Crippen LogP contribution in [-0.2, 0) is 4.74 Å². The van der Waals surface area contributed by atoms with Gasteiger partial charge in [-0.2, -0.15) is 4.98 Å². The Balaban J connectivity index is 1.70. The third kappa shape index (κ3) is 3.59. The second kappa shape index (κ2) is 7.00. The van der Waals surface area contributed by atoms with E-state index in [1.807, 2.05) is 0 Å². The van der Waals surface area contributed by atoms with Crippen molar-refractivity contribution in [1.29, 1.82) is 0 Å². The first-order valence-corrected chi connectivity index (χ1v) is 7.86. The van der Waals surface area contributed by atoms with Gasteiger partial charge in [0, 0.05) is 32.7 Å². The molecule has 0 spiro atoms. The molecule has 0 radical (unpaired) electrons. The summed E-state index contributed by atoms with van der Waals surface area (Å²) in [6.07, 6.45) is 2.79. The molecule has 0 aromatic carbocycles. The van der Waals surface area contributed by atoms with Crippen molar-refractivity contribution in [2.45, 2.75) is 13.3 Å². The van der Waals surface area contributed by atoms with Crippen LogP contribution in [-0.4, -0.2) is 78.9 Å². The zero-order chi connectivity index (χ0) is 14.5. The maximum atomic E-state index is 5.38. The summed E-state index contributed by atoms with van der Waals surface area (Å²) in [5, 5.41) is 0. The highest BCUT2D eigenvalue weighted by molar-refractivity contribution is 5.38. The smallest absolute Gasteiger partial charge is 0.230 e. The topological polar surface area (TPSA) is 57.6 Å². The number of rotatable bonds is 3. The van der Waals surface area contributed by atoms with Gasteiger partial charge in [0.2, 0.25) is 11.9 Å². The molecule has 1 aromatic rings. The van der Waals surface area contributed by atoms with Crippen LogP contribution in [0.2, 0.25) is 0 Å². The van der Waals surface area contributed by atoms with Gasteiger partial charge in [-0.05, 0) is 19.5 Å². The summed E-state index contributed by atoms with van der Waals surface area (Å²) in [4.78, 5) is 20.3. The Morgan fingerprint density at radius 3 is 2.38 bits per heavy atom. The molecule has 2 fully saturated rings. The molecular weight excluding hydrogens is 268 g/mol. The molecule has 2 aliphatic heterocycles. The number of morpholine rings is 1. The van der Waals surface area contributed by atoms with Crippen molar-refractivity contribution >= 4 is 11.9 Å². The molecule has 3 heterocycles. The second-order valence-corrected chi connectivity index (χ2v) is 5.46. The van der Waals surface area contributed by atoms with Gasteiger partial charge in [-0.3, -0.25) is 0 Å². The molecule has 0 atom stereocenters. The predicted octanol–water partition coefficient (Wildman–Crippen LogP) is 0.240. The lowest BCUT2D eigenvalue weighted by molar-refractivity contribution is 0.122. The van der Waals surface area contributed by atoms with Crippen LogP contribution in [0.15, 0.2) is 6.33 Å². The van der Waals surface area contributed by atoms with Gasteiger partial charge < -0.3 is 19.4 Å². The van der Waals surface area contributed by atoms with E-state index in [1.165, 1.54) is 0 Å². The molecule has 0 saturated carbocycles. The molecule has 7 nitrogen and oxygen atoms in total. The lowest BCUT2D eigenvalue weighted by Crippen LogP contribution is -2.38. The molecule has 1 aromatic heterocycles. The van der Waals surface area contributed by atoms with E-state index in [4.69, 9.17) is 4.74 Å². The highest BCUT2D eigenvalue weighted by Gasteiger charge is 2.19. The summed E-state index contributed by atoms with van der Waals surface area (Å²) in [5.74, 6) is 1.59. The van der Waals surface area contributed by atoms with Crippen LogP contribution in [0.4, 0.5) is 11.9 Å². The molecule has 0 bridgehead atoms. The van der Waals surface area contributed by atoms with E-state index in [0.29, 0.717) is 0 Å². The Morgan fingerprint density at radius 2 is 1.67 bits per heavy atom. The van der Waals surface area contributed by atoms with E-state index in [0.717, 1.165) is 77.3 Å². The van der Waals surface area contributed by atoms with Gasteiger partial charge >= 0.3 is 0 Å². The molecule has 2 aliphatic rings. The molecule has 3 rings (SSSR count). The first kappa shape index (κ1) is 14.5. The van der Waals surface area contributed by atoms with Gasteiger partial charge in [0.1, 0.15) is 6.33 Å². The summed E-state index contributed by atoms with van der Waals surface area (Å²) in [6, 6.07) is 0. The number of ether oxygens (including phenoxy) is 1. The van der Waals surface area contributed by atoms with Crippen LogP contribution in [0.5, 0.6) is 0 Å². The Hall–Kier alpha value is -1.47. The number of likely N-dealkylation sites (N-methyl/N-ethyl adjacent to an activating group) is 1. The lowest BCUT2D eigenvalue weighted by Gasteiger charge is -2.27. The maximum absolute atomic E-state index is 5.38. The minimum Gasteiger partial charge on any atom is -0.378 e. The van der Waals surface area contributed by atoms with E-state index >= 15 is 0 Å². The van der Waals surface area contributed by atoms with E-state index in [2.05, 4.69) is 36.6 Å². The van der Waals surface area contributed by atoms with Crippen molar-refractivity contribution in [3.8, 4) is 0 Å². The molecule has 0 amide bonds. The third-order valence-electron chi connectivity index (χ3n) is 4.16. The monoisotopic (exact) mass is 292 g/mol. The Bertz CT molecular complexity index is 451. The summed E-state index contributed by atoms with van der Waals surface area (Å²) in [7, 11) is 0. The van der Waals surface area contributed by atoms with Crippen molar-refractivity contribution in [1.82, 2.24) is 19.9 Å². The number of aromatic nitrogens is 3. The maximum Gasteiger partial charge on any atom is 0.230 e. The largest absolute Gasteiger partial charge is 0.378 e. The van der Waals surface area contributed by atoms with Crippen LogP contribution in [0.1, 0.15) is 13.3 Å². The fraction of sp³-hybridized carbons (Fsp3) is 0.786. The van der Waals surface area contributed by atoms with Crippen molar-refractivity contribution in [2.75, 3.05) is 68.8 Å². The molecule has 7 heteroatoms. The molecule has 2 saturated heterocycles. The summed E-state index contributed by atoms with van der Waals surface area (Å²) < 4.78 is 5.38. The molecule has 21 heavy (non-hydrogen) atoms. The van der Waals surface area contributed by atoms with Crippen molar-refractivity contribution in [3.63, 3.8) is 0 Å². The first-order valence-electron chi connectivity index (χ1n) is 7.86. The number of nitrogens with zero attached hydrogens (tertiary/aromatic N) is 6. The Labute approximate surface area is 125 Å². The van der Waals surface area contributed by atoms with Gasteiger partial charge in [-0.1, -0.05) is 6.92 Å².